The Morgan fingerprint density at radius 1 is 1.09 bits per heavy atom. The van der Waals surface area contributed by atoms with E-state index < -0.39 is 10.0 Å². The van der Waals surface area contributed by atoms with Crippen LogP contribution in [0.2, 0.25) is 0 Å². The van der Waals surface area contributed by atoms with Gasteiger partial charge in [-0.05, 0) is 48.9 Å². The summed E-state index contributed by atoms with van der Waals surface area (Å²) in [7, 11) is -3.49. The first-order valence-electron chi connectivity index (χ1n) is 10.8. The third-order valence-corrected chi connectivity index (χ3v) is 8.09. The van der Waals surface area contributed by atoms with Crippen molar-refractivity contribution >= 4 is 38.7 Å². The maximum Gasteiger partial charge on any atom is 0.243 e. The fourth-order valence-corrected chi connectivity index (χ4v) is 6.08. The lowest BCUT2D eigenvalue weighted by atomic mass is 10.2. The van der Waals surface area contributed by atoms with Crippen LogP contribution in [0, 0.1) is 0 Å². The number of hydrogen-bond acceptors (Lipinski definition) is 5. The molecule has 1 N–H and O–H groups in total. The van der Waals surface area contributed by atoms with Gasteiger partial charge in [0.25, 0.3) is 0 Å². The Morgan fingerprint density at radius 3 is 2.66 bits per heavy atom. The number of aromatic nitrogens is 2. The normalized spacial score (nSPS) is 15.2. The van der Waals surface area contributed by atoms with Gasteiger partial charge in [-0.2, -0.15) is 16.1 Å². The molecule has 3 aromatic rings. The van der Waals surface area contributed by atoms with Gasteiger partial charge >= 0.3 is 0 Å². The van der Waals surface area contributed by atoms with E-state index in [1.807, 2.05) is 41.2 Å². The molecule has 1 fully saturated rings. The maximum absolute atomic E-state index is 12.9. The number of sulfonamides is 1. The summed E-state index contributed by atoms with van der Waals surface area (Å²) in [5, 5.41) is 2.93. The van der Waals surface area contributed by atoms with Gasteiger partial charge < -0.3 is 9.88 Å². The molecule has 0 unspecified atom stereocenters. The molecule has 32 heavy (non-hydrogen) atoms. The van der Waals surface area contributed by atoms with Gasteiger partial charge in [0.1, 0.15) is 12.4 Å². The summed E-state index contributed by atoms with van der Waals surface area (Å²) in [4.78, 5) is 17.7. The minimum absolute atomic E-state index is 0.139. The standard InChI is InChI=1S/C23H28N4O3S2/c1-31-17-22-25-20-10-3-4-11-21(20)27(22)16-23(28)24-15-18-8-7-9-19(14-18)32(29,30)26-12-5-2-6-13-26/h3-4,7-11,14H,2,5-6,12-13,15-17H2,1H3,(H,24,28). The number of nitrogens with zero attached hydrogens (tertiary/aromatic N) is 3. The molecule has 1 aromatic heterocycles. The fraction of sp³-hybridized carbons (Fsp3) is 0.391. The zero-order chi connectivity index (χ0) is 22.6. The molecule has 0 radical (unpaired) electrons. The van der Waals surface area contributed by atoms with Crippen molar-refractivity contribution in [3.8, 4) is 0 Å². The number of imidazole rings is 1. The average molecular weight is 473 g/mol. The quantitative estimate of drug-likeness (QED) is 0.543. The Morgan fingerprint density at radius 2 is 1.88 bits per heavy atom. The molecule has 0 atom stereocenters. The monoisotopic (exact) mass is 472 g/mol. The van der Waals surface area contributed by atoms with Crippen molar-refractivity contribution < 1.29 is 13.2 Å². The van der Waals surface area contributed by atoms with Crippen molar-refractivity contribution in [3.05, 3.63) is 59.9 Å². The summed E-state index contributed by atoms with van der Waals surface area (Å²) in [6, 6.07) is 14.6. The third kappa shape index (κ3) is 5.00. The molecule has 1 aliphatic rings. The van der Waals surface area contributed by atoms with Crippen LogP contribution in [0.4, 0.5) is 0 Å². The van der Waals surface area contributed by atoms with Crippen molar-refractivity contribution in [2.75, 3.05) is 19.3 Å². The zero-order valence-electron chi connectivity index (χ0n) is 18.2. The van der Waals surface area contributed by atoms with Crippen LogP contribution in [0.25, 0.3) is 11.0 Å². The molecule has 7 nitrogen and oxygen atoms in total. The second kappa shape index (κ2) is 10.1. The first-order chi connectivity index (χ1) is 15.5. The van der Waals surface area contributed by atoms with Gasteiger partial charge in [-0.25, -0.2) is 13.4 Å². The van der Waals surface area contributed by atoms with Gasteiger partial charge in [0.05, 0.1) is 21.7 Å². The van der Waals surface area contributed by atoms with E-state index in [2.05, 4.69) is 10.3 Å². The number of nitrogens with one attached hydrogen (secondary N) is 1. The number of carbonyl (C=O) groups excluding carboxylic acids is 1. The molecular weight excluding hydrogens is 444 g/mol. The van der Waals surface area contributed by atoms with E-state index in [-0.39, 0.29) is 23.9 Å². The van der Waals surface area contributed by atoms with Gasteiger partial charge in [0.15, 0.2) is 0 Å². The Bertz CT molecular complexity index is 1200. The molecule has 1 amide bonds. The lowest BCUT2D eigenvalue weighted by Crippen LogP contribution is -2.35. The van der Waals surface area contributed by atoms with Crippen LogP contribution < -0.4 is 5.32 Å². The molecule has 0 saturated carbocycles. The van der Waals surface area contributed by atoms with Crippen LogP contribution in [-0.2, 0) is 33.7 Å². The highest BCUT2D eigenvalue weighted by molar-refractivity contribution is 7.97. The van der Waals surface area contributed by atoms with Crippen molar-refractivity contribution in [1.82, 2.24) is 19.2 Å². The summed E-state index contributed by atoms with van der Waals surface area (Å²) in [5.74, 6) is 1.45. The van der Waals surface area contributed by atoms with E-state index in [9.17, 15) is 13.2 Å². The second-order valence-corrected chi connectivity index (χ2v) is 10.7. The Balaban J connectivity index is 1.44. The molecule has 1 saturated heterocycles. The smallest absolute Gasteiger partial charge is 0.243 e. The molecule has 0 aliphatic carbocycles. The van der Waals surface area contributed by atoms with Gasteiger partial charge in [-0.3, -0.25) is 4.79 Å². The number of carbonyl (C=O) groups is 1. The first-order valence-corrected chi connectivity index (χ1v) is 13.6. The number of hydrogen-bond donors (Lipinski definition) is 1. The van der Waals surface area contributed by atoms with Crippen LogP contribution in [0.3, 0.4) is 0 Å². The van der Waals surface area contributed by atoms with Crippen molar-refractivity contribution in [3.63, 3.8) is 0 Å². The maximum atomic E-state index is 12.9. The molecule has 1 aliphatic heterocycles. The number of thioether (sulfide) groups is 1. The largest absolute Gasteiger partial charge is 0.350 e. The molecular formula is C23H28N4O3S2. The lowest BCUT2D eigenvalue weighted by molar-refractivity contribution is -0.121. The summed E-state index contributed by atoms with van der Waals surface area (Å²) in [5.41, 5.74) is 2.57. The van der Waals surface area contributed by atoms with E-state index in [0.717, 1.165) is 47.4 Å². The van der Waals surface area contributed by atoms with Crippen LogP contribution in [0.5, 0.6) is 0 Å². The van der Waals surface area contributed by atoms with Gasteiger partial charge in [0, 0.05) is 19.6 Å². The molecule has 0 bridgehead atoms. The second-order valence-electron chi connectivity index (χ2n) is 7.92. The van der Waals surface area contributed by atoms with Gasteiger partial charge in [0.2, 0.25) is 15.9 Å². The third-order valence-electron chi connectivity index (χ3n) is 5.65. The predicted molar refractivity (Wildman–Crippen MR) is 128 cm³/mol. The van der Waals surface area contributed by atoms with Crippen LogP contribution in [0.1, 0.15) is 30.7 Å². The minimum atomic E-state index is -3.49. The lowest BCUT2D eigenvalue weighted by Gasteiger charge is -2.26. The molecule has 170 valence electrons. The summed E-state index contributed by atoms with van der Waals surface area (Å²) < 4.78 is 29.4. The topological polar surface area (TPSA) is 84.3 Å². The molecule has 4 rings (SSSR count). The van der Waals surface area contributed by atoms with Crippen LogP contribution in [-0.4, -0.2) is 47.5 Å². The van der Waals surface area contributed by atoms with Crippen LogP contribution in [0.15, 0.2) is 53.4 Å². The molecule has 9 heteroatoms. The zero-order valence-corrected chi connectivity index (χ0v) is 19.8. The van der Waals surface area contributed by atoms with Crippen molar-refractivity contribution in [1.29, 1.82) is 0 Å². The number of rotatable bonds is 8. The van der Waals surface area contributed by atoms with E-state index in [1.54, 1.807) is 34.3 Å². The van der Waals surface area contributed by atoms with Gasteiger partial charge in [-0.1, -0.05) is 30.7 Å². The highest BCUT2D eigenvalue weighted by atomic mass is 32.2. The fourth-order valence-electron chi connectivity index (χ4n) is 4.01. The number of fused-ring (bicyclic) bond motifs is 1. The molecule has 0 spiro atoms. The van der Waals surface area contributed by atoms with Crippen LogP contribution >= 0.6 is 11.8 Å². The summed E-state index contributed by atoms with van der Waals surface area (Å²) in [6.07, 6.45) is 4.88. The molecule has 2 heterocycles. The number of benzene rings is 2. The predicted octanol–water partition coefficient (Wildman–Crippen LogP) is 3.39. The minimum Gasteiger partial charge on any atom is -0.350 e. The van der Waals surface area contributed by atoms with E-state index in [1.165, 1.54) is 0 Å². The van der Waals surface area contributed by atoms with E-state index in [4.69, 9.17) is 0 Å². The number of piperidine rings is 1. The van der Waals surface area contributed by atoms with E-state index >= 15 is 0 Å². The first kappa shape index (κ1) is 22.8. The highest BCUT2D eigenvalue weighted by Gasteiger charge is 2.26. The number of para-hydroxylation sites is 2. The average Bonchev–Trinajstić information content (AvgIpc) is 3.16. The Kier molecular flexibility index (Phi) is 7.17. The van der Waals surface area contributed by atoms with Crippen molar-refractivity contribution in [2.24, 2.45) is 0 Å². The SMILES string of the molecule is CSCc1nc2ccccc2n1CC(=O)NCc1cccc(S(=O)(=O)N2CCCCC2)c1. The summed E-state index contributed by atoms with van der Waals surface area (Å²) >= 11 is 1.66. The summed E-state index contributed by atoms with van der Waals surface area (Å²) in [6.45, 7) is 1.58. The number of amides is 1. The highest BCUT2D eigenvalue weighted by Crippen LogP contribution is 2.22. The van der Waals surface area contributed by atoms with Crippen molar-refractivity contribution in [2.45, 2.75) is 43.0 Å². The Labute approximate surface area is 193 Å². The van der Waals surface area contributed by atoms with E-state index in [0.29, 0.717) is 13.1 Å². The molecule has 2 aromatic carbocycles. The van der Waals surface area contributed by atoms with Gasteiger partial charge in [-0.15, -0.1) is 0 Å². The Hall–Kier alpha value is -2.36.